The molecule has 0 atom stereocenters. The van der Waals surface area contributed by atoms with E-state index < -0.39 is 0 Å². The molecular weight excluding hydrogens is 306 g/mol. The van der Waals surface area contributed by atoms with Gasteiger partial charge < -0.3 is 10.2 Å². The van der Waals surface area contributed by atoms with Crippen molar-refractivity contribution in [2.45, 2.75) is 32.6 Å². The zero-order valence-corrected chi connectivity index (χ0v) is 14.4. The molecule has 0 spiro atoms. The predicted octanol–water partition coefficient (Wildman–Crippen LogP) is 3.41. The number of amides is 1. The molecule has 0 unspecified atom stereocenters. The third-order valence-corrected chi connectivity index (χ3v) is 5.06. The molecule has 122 valence electrons. The first-order valence-corrected chi connectivity index (χ1v) is 9.14. The fourth-order valence-corrected chi connectivity index (χ4v) is 3.75. The highest BCUT2D eigenvalue weighted by atomic mass is 32.1. The molecule has 0 aliphatic carbocycles. The summed E-state index contributed by atoms with van der Waals surface area (Å²) in [6.45, 7) is 4.86. The van der Waals surface area contributed by atoms with Gasteiger partial charge in [-0.2, -0.15) is 0 Å². The van der Waals surface area contributed by atoms with Crippen LogP contribution in [0.25, 0.3) is 0 Å². The van der Waals surface area contributed by atoms with Gasteiger partial charge in [0.2, 0.25) is 0 Å². The van der Waals surface area contributed by atoms with Gasteiger partial charge in [0.25, 0.3) is 5.91 Å². The summed E-state index contributed by atoms with van der Waals surface area (Å²) >= 11 is 1.72. The third-order valence-electron chi connectivity index (χ3n) is 4.11. The second kappa shape index (κ2) is 7.59. The molecule has 0 radical (unpaired) electrons. The third kappa shape index (κ3) is 4.32. The molecule has 1 aliphatic heterocycles. The van der Waals surface area contributed by atoms with Crippen molar-refractivity contribution in [2.75, 3.05) is 24.5 Å². The minimum atomic E-state index is -0.0137. The molecule has 1 N–H and O–H groups in total. The molecule has 3 rings (SSSR count). The SMILES string of the molecule is Cc1cccc(C(=O)NCCc2csc(N3CCCCC3)n2)c1. The van der Waals surface area contributed by atoms with Crippen LogP contribution in [0.3, 0.4) is 0 Å². The Morgan fingerprint density at radius 1 is 1.30 bits per heavy atom. The number of thiazole rings is 1. The van der Waals surface area contributed by atoms with Gasteiger partial charge in [0.05, 0.1) is 5.69 Å². The molecule has 0 saturated carbocycles. The summed E-state index contributed by atoms with van der Waals surface area (Å²) < 4.78 is 0. The summed E-state index contributed by atoms with van der Waals surface area (Å²) in [4.78, 5) is 19.2. The van der Waals surface area contributed by atoms with E-state index >= 15 is 0 Å². The number of carbonyl (C=O) groups excluding carboxylic acids is 1. The Morgan fingerprint density at radius 3 is 2.91 bits per heavy atom. The van der Waals surface area contributed by atoms with Gasteiger partial charge in [0, 0.05) is 37.0 Å². The molecule has 5 heteroatoms. The molecule has 1 aliphatic rings. The Morgan fingerprint density at radius 2 is 2.13 bits per heavy atom. The fraction of sp³-hybridized carbons (Fsp3) is 0.444. The Kier molecular flexibility index (Phi) is 5.28. The molecule has 1 aromatic carbocycles. The number of piperidine rings is 1. The quantitative estimate of drug-likeness (QED) is 0.914. The smallest absolute Gasteiger partial charge is 0.251 e. The van der Waals surface area contributed by atoms with E-state index in [2.05, 4.69) is 15.6 Å². The highest BCUT2D eigenvalue weighted by molar-refractivity contribution is 7.13. The number of nitrogens with one attached hydrogen (secondary N) is 1. The first-order valence-electron chi connectivity index (χ1n) is 8.26. The fourth-order valence-electron chi connectivity index (χ4n) is 2.83. The van der Waals surface area contributed by atoms with Crippen LogP contribution in [-0.2, 0) is 6.42 Å². The lowest BCUT2D eigenvalue weighted by molar-refractivity contribution is 0.0954. The molecular formula is C18H23N3OS. The monoisotopic (exact) mass is 329 g/mol. The van der Waals surface area contributed by atoms with E-state index in [0.717, 1.165) is 41.5 Å². The van der Waals surface area contributed by atoms with Crippen LogP contribution in [0.5, 0.6) is 0 Å². The zero-order valence-electron chi connectivity index (χ0n) is 13.5. The van der Waals surface area contributed by atoms with Crippen LogP contribution in [-0.4, -0.2) is 30.5 Å². The number of hydrogen-bond acceptors (Lipinski definition) is 4. The molecule has 1 aromatic heterocycles. The zero-order chi connectivity index (χ0) is 16.1. The number of aromatic nitrogens is 1. The average Bonchev–Trinajstić information content (AvgIpc) is 3.04. The summed E-state index contributed by atoms with van der Waals surface area (Å²) in [6.07, 6.45) is 4.64. The Balaban J connectivity index is 1.49. The van der Waals surface area contributed by atoms with Crippen LogP contribution in [0.2, 0.25) is 0 Å². The van der Waals surface area contributed by atoms with Crippen molar-refractivity contribution in [3.63, 3.8) is 0 Å². The van der Waals surface area contributed by atoms with E-state index in [1.165, 1.54) is 19.3 Å². The first kappa shape index (κ1) is 16.0. The van der Waals surface area contributed by atoms with Gasteiger partial charge in [0.1, 0.15) is 0 Å². The van der Waals surface area contributed by atoms with Crippen molar-refractivity contribution in [1.29, 1.82) is 0 Å². The van der Waals surface area contributed by atoms with E-state index in [-0.39, 0.29) is 5.91 Å². The van der Waals surface area contributed by atoms with Gasteiger partial charge >= 0.3 is 0 Å². The van der Waals surface area contributed by atoms with Gasteiger partial charge in [-0.15, -0.1) is 11.3 Å². The molecule has 23 heavy (non-hydrogen) atoms. The lowest BCUT2D eigenvalue weighted by atomic mass is 10.1. The van der Waals surface area contributed by atoms with E-state index in [9.17, 15) is 4.79 Å². The van der Waals surface area contributed by atoms with Gasteiger partial charge in [-0.25, -0.2) is 4.98 Å². The Labute approximate surface area is 141 Å². The number of benzene rings is 1. The number of anilines is 1. The molecule has 1 amide bonds. The maximum atomic E-state index is 12.1. The van der Waals surface area contributed by atoms with Crippen LogP contribution in [0.1, 0.15) is 40.9 Å². The lowest BCUT2D eigenvalue weighted by Crippen LogP contribution is -2.29. The van der Waals surface area contributed by atoms with E-state index in [1.54, 1.807) is 11.3 Å². The van der Waals surface area contributed by atoms with Crippen LogP contribution >= 0.6 is 11.3 Å². The number of rotatable bonds is 5. The van der Waals surface area contributed by atoms with Crippen molar-refractivity contribution in [3.8, 4) is 0 Å². The molecule has 2 aromatic rings. The van der Waals surface area contributed by atoms with Gasteiger partial charge in [-0.3, -0.25) is 4.79 Å². The second-order valence-corrected chi connectivity index (χ2v) is 6.88. The highest BCUT2D eigenvalue weighted by Gasteiger charge is 2.14. The maximum absolute atomic E-state index is 12.1. The van der Waals surface area contributed by atoms with Crippen molar-refractivity contribution in [2.24, 2.45) is 0 Å². The van der Waals surface area contributed by atoms with Gasteiger partial charge in [0.15, 0.2) is 5.13 Å². The molecule has 0 bridgehead atoms. The number of hydrogen-bond donors (Lipinski definition) is 1. The predicted molar refractivity (Wildman–Crippen MR) is 95.4 cm³/mol. The van der Waals surface area contributed by atoms with Gasteiger partial charge in [-0.1, -0.05) is 17.7 Å². The lowest BCUT2D eigenvalue weighted by Gasteiger charge is -2.25. The van der Waals surface area contributed by atoms with Crippen molar-refractivity contribution < 1.29 is 4.79 Å². The Hall–Kier alpha value is -1.88. The summed E-state index contributed by atoms with van der Waals surface area (Å²) in [7, 11) is 0. The van der Waals surface area contributed by atoms with Crippen molar-refractivity contribution in [1.82, 2.24) is 10.3 Å². The number of aryl methyl sites for hydroxylation is 1. The van der Waals surface area contributed by atoms with E-state index in [4.69, 9.17) is 4.98 Å². The van der Waals surface area contributed by atoms with Crippen LogP contribution in [0.4, 0.5) is 5.13 Å². The normalized spacial score (nSPS) is 14.7. The van der Waals surface area contributed by atoms with Crippen LogP contribution in [0, 0.1) is 6.92 Å². The Bertz CT molecular complexity index is 662. The minimum absolute atomic E-state index is 0.0137. The van der Waals surface area contributed by atoms with Crippen molar-refractivity contribution in [3.05, 3.63) is 46.5 Å². The van der Waals surface area contributed by atoms with E-state index in [1.807, 2.05) is 31.2 Å². The average molecular weight is 329 g/mol. The first-order chi connectivity index (χ1) is 11.2. The van der Waals surface area contributed by atoms with Crippen LogP contribution < -0.4 is 10.2 Å². The molecule has 4 nitrogen and oxygen atoms in total. The summed E-state index contributed by atoms with van der Waals surface area (Å²) in [5.41, 5.74) is 2.89. The summed E-state index contributed by atoms with van der Waals surface area (Å²) in [5, 5.41) is 6.22. The second-order valence-electron chi connectivity index (χ2n) is 6.04. The van der Waals surface area contributed by atoms with Crippen molar-refractivity contribution >= 4 is 22.4 Å². The number of carbonyl (C=O) groups is 1. The largest absolute Gasteiger partial charge is 0.352 e. The standard InChI is InChI=1S/C18H23N3OS/c1-14-6-5-7-15(12-14)17(22)19-9-8-16-13-23-18(20-16)21-10-3-2-4-11-21/h5-7,12-13H,2-4,8-11H2,1H3,(H,19,22). The van der Waals surface area contributed by atoms with Crippen LogP contribution in [0.15, 0.2) is 29.6 Å². The van der Waals surface area contributed by atoms with E-state index in [0.29, 0.717) is 6.54 Å². The topological polar surface area (TPSA) is 45.2 Å². The summed E-state index contributed by atoms with van der Waals surface area (Å²) in [5.74, 6) is -0.0137. The summed E-state index contributed by atoms with van der Waals surface area (Å²) in [6, 6.07) is 7.66. The maximum Gasteiger partial charge on any atom is 0.251 e. The van der Waals surface area contributed by atoms with Gasteiger partial charge in [-0.05, 0) is 38.3 Å². The highest BCUT2D eigenvalue weighted by Crippen LogP contribution is 2.24. The molecule has 1 saturated heterocycles. The number of nitrogens with zero attached hydrogens (tertiary/aromatic N) is 2. The minimum Gasteiger partial charge on any atom is -0.352 e. The molecule has 1 fully saturated rings. The molecule has 2 heterocycles.